The summed E-state index contributed by atoms with van der Waals surface area (Å²) in [5, 5.41) is 3.59. The molecule has 0 unspecified atom stereocenters. The fourth-order valence-electron chi connectivity index (χ4n) is 2.41. The molecule has 21 heavy (non-hydrogen) atoms. The van der Waals surface area contributed by atoms with E-state index in [4.69, 9.17) is 0 Å². The number of benzene rings is 2. The van der Waals surface area contributed by atoms with Crippen molar-refractivity contribution < 1.29 is 0 Å². The van der Waals surface area contributed by atoms with Gasteiger partial charge in [-0.25, -0.2) is 0 Å². The van der Waals surface area contributed by atoms with Crippen LogP contribution >= 0.6 is 15.9 Å². The second kappa shape index (κ2) is 7.13. The molecule has 0 aliphatic rings. The van der Waals surface area contributed by atoms with Gasteiger partial charge in [-0.05, 0) is 40.7 Å². The lowest BCUT2D eigenvalue weighted by atomic mass is 9.94. The van der Waals surface area contributed by atoms with Gasteiger partial charge < -0.3 is 5.32 Å². The number of hydrogen-bond donors (Lipinski definition) is 1. The zero-order chi connectivity index (χ0) is 15.4. The fraction of sp³-hybridized carbons (Fsp3) is 0.368. The van der Waals surface area contributed by atoms with Gasteiger partial charge in [0.1, 0.15) is 0 Å². The first-order valence-corrected chi connectivity index (χ1v) is 8.39. The summed E-state index contributed by atoms with van der Waals surface area (Å²) >= 11 is 3.61. The van der Waals surface area contributed by atoms with Crippen molar-refractivity contribution in [1.82, 2.24) is 0 Å². The lowest BCUT2D eigenvalue weighted by Crippen LogP contribution is -2.05. The van der Waals surface area contributed by atoms with E-state index < -0.39 is 0 Å². The molecule has 1 nitrogen and oxygen atoms in total. The summed E-state index contributed by atoms with van der Waals surface area (Å²) in [6.45, 7) is 9.83. The predicted octanol–water partition coefficient (Wildman–Crippen LogP) is 6.31. The Morgan fingerprint density at radius 1 is 0.952 bits per heavy atom. The average molecular weight is 346 g/mol. The summed E-state index contributed by atoms with van der Waals surface area (Å²) < 4.78 is 1.15. The van der Waals surface area contributed by atoms with Crippen LogP contribution in [0.3, 0.4) is 0 Å². The third-order valence-corrected chi connectivity index (χ3v) is 4.57. The SMILES string of the molecule is CC(C)c1ccc(NCc2ccccc2Br)c(C(C)C)c1. The predicted molar refractivity (Wildman–Crippen MR) is 96.1 cm³/mol. The zero-order valence-corrected chi connectivity index (χ0v) is 14.9. The lowest BCUT2D eigenvalue weighted by Gasteiger charge is -2.18. The molecule has 0 amide bonds. The van der Waals surface area contributed by atoms with Crippen molar-refractivity contribution in [3.05, 3.63) is 63.6 Å². The summed E-state index contributed by atoms with van der Waals surface area (Å²) in [5.41, 5.74) is 5.32. The monoisotopic (exact) mass is 345 g/mol. The maximum atomic E-state index is 3.61. The van der Waals surface area contributed by atoms with Crippen LogP contribution in [0.1, 0.15) is 56.2 Å². The standard InChI is InChI=1S/C19H24BrN/c1-13(2)15-9-10-19(17(11-15)14(3)4)21-12-16-7-5-6-8-18(16)20/h5-11,13-14,21H,12H2,1-4H3. The minimum atomic E-state index is 0.519. The maximum Gasteiger partial charge on any atom is 0.0412 e. The van der Waals surface area contributed by atoms with E-state index in [1.54, 1.807) is 0 Å². The molecule has 2 aromatic rings. The Morgan fingerprint density at radius 2 is 1.67 bits per heavy atom. The molecule has 2 rings (SSSR count). The Bertz CT molecular complexity index is 602. The molecule has 0 aromatic heterocycles. The summed E-state index contributed by atoms with van der Waals surface area (Å²) in [6, 6.07) is 15.2. The lowest BCUT2D eigenvalue weighted by molar-refractivity contribution is 0.833. The molecule has 0 bridgehead atoms. The number of anilines is 1. The van der Waals surface area contributed by atoms with Crippen molar-refractivity contribution in [2.24, 2.45) is 0 Å². The van der Waals surface area contributed by atoms with E-state index in [1.165, 1.54) is 22.4 Å². The van der Waals surface area contributed by atoms with Gasteiger partial charge in [0.15, 0.2) is 0 Å². The molecule has 1 N–H and O–H groups in total. The topological polar surface area (TPSA) is 12.0 Å². The Labute approximate surface area is 136 Å². The Hall–Kier alpha value is -1.28. The molecule has 2 heteroatoms. The van der Waals surface area contributed by atoms with E-state index >= 15 is 0 Å². The first-order chi connectivity index (χ1) is 9.99. The van der Waals surface area contributed by atoms with Crippen molar-refractivity contribution in [2.75, 3.05) is 5.32 Å². The van der Waals surface area contributed by atoms with E-state index in [-0.39, 0.29) is 0 Å². The molecule has 0 atom stereocenters. The molecule has 0 spiro atoms. The van der Waals surface area contributed by atoms with Gasteiger partial charge in [-0.15, -0.1) is 0 Å². The van der Waals surface area contributed by atoms with Gasteiger partial charge in [0.05, 0.1) is 0 Å². The normalized spacial score (nSPS) is 11.2. The largest absolute Gasteiger partial charge is 0.381 e. The number of halogens is 1. The second-order valence-electron chi connectivity index (χ2n) is 6.10. The van der Waals surface area contributed by atoms with Crippen molar-refractivity contribution in [2.45, 2.75) is 46.1 Å². The van der Waals surface area contributed by atoms with Gasteiger partial charge >= 0.3 is 0 Å². The highest BCUT2D eigenvalue weighted by atomic mass is 79.9. The fourth-order valence-corrected chi connectivity index (χ4v) is 2.84. The highest BCUT2D eigenvalue weighted by Crippen LogP contribution is 2.29. The van der Waals surface area contributed by atoms with Gasteiger partial charge in [-0.1, -0.05) is 74.0 Å². The summed E-state index contributed by atoms with van der Waals surface area (Å²) in [4.78, 5) is 0. The van der Waals surface area contributed by atoms with Crippen LogP contribution in [0.2, 0.25) is 0 Å². The third-order valence-electron chi connectivity index (χ3n) is 3.79. The highest BCUT2D eigenvalue weighted by molar-refractivity contribution is 9.10. The van der Waals surface area contributed by atoms with Gasteiger partial charge in [-0.3, -0.25) is 0 Å². The van der Waals surface area contributed by atoms with Crippen molar-refractivity contribution in [3.63, 3.8) is 0 Å². The molecule has 0 heterocycles. The molecule has 0 saturated carbocycles. The van der Waals surface area contributed by atoms with Gasteiger partial charge in [0.25, 0.3) is 0 Å². The molecule has 0 aliphatic heterocycles. The van der Waals surface area contributed by atoms with Crippen LogP contribution in [0.25, 0.3) is 0 Å². The Kier molecular flexibility index (Phi) is 5.46. The van der Waals surface area contributed by atoms with Crippen molar-refractivity contribution >= 4 is 21.6 Å². The summed E-state index contributed by atoms with van der Waals surface area (Å²) in [7, 11) is 0. The van der Waals surface area contributed by atoms with E-state index in [2.05, 4.69) is 85.3 Å². The first kappa shape index (κ1) is 16.1. The van der Waals surface area contributed by atoms with Crippen molar-refractivity contribution in [3.8, 4) is 0 Å². The summed E-state index contributed by atoms with van der Waals surface area (Å²) in [5.74, 6) is 1.09. The molecule has 112 valence electrons. The molecular weight excluding hydrogens is 322 g/mol. The minimum Gasteiger partial charge on any atom is -0.381 e. The molecule has 2 aromatic carbocycles. The zero-order valence-electron chi connectivity index (χ0n) is 13.3. The van der Waals surface area contributed by atoms with Crippen LogP contribution in [0.5, 0.6) is 0 Å². The molecular formula is C19H24BrN. The molecule has 0 radical (unpaired) electrons. The van der Waals surface area contributed by atoms with Crippen LogP contribution in [-0.2, 0) is 6.54 Å². The van der Waals surface area contributed by atoms with Crippen LogP contribution in [-0.4, -0.2) is 0 Å². The first-order valence-electron chi connectivity index (χ1n) is 7.60. The van der Waals surface area contributed by atoms with Gasteiger partial charge in [0.2, 0.25) is 0 Å². The third kappa shape index (κ3) is 4.10. The average Bonchev–Trinajstić information content (AvgIpc) is 2.46. The molecule has 0 aliphatic carbocycles. The highest BCUT2D eigenvalue weighted by Gasteiger charge is 2.10. The maximum absolute atomic E-state index is 3.61. The van der Waals surface area contributed by atoms with Crippen molar-refractivity contribution in [1.29, 1.82) is 0 Å². The van der Waals surface area contributed by atoms with Gasteiger partial charge in [0, 0.05) is 16.7 Å². The van der Waals surface area contributed by atoms with E-state index in [1.807, 2.05) is 6.07 Å². The Balaban J connectivity index is 2.21. The quantitative estimate of drug-likeness (QED) is 0.669. The number of nitrogens with one attached hydrogen (secondary N) is 1. The van der Waals surface area contributed by atoms with E-state index in [9.17, 15) is 0 Å². The van der Waals surface area contributed by atoms with Crippen LogP contribution in [0.4, 0.5) is 5.69 Å². The van der Waals surface area contributed by atoms with Crippen LogP contribution in [0, 0.1) is 0 Å². The van der Waals surface area contributed by atoms with E-state index in [0.717, 1.165) is 11.0 Å². The number of hydrogen-bond acceptors (Lipinski definition) is 1. The minimum absolute atomic E-state index is 0.519. The van der Waals surface area contributed by atoms with Crippen LogP contribution in [0.15, 0.2) is 46.9 Å². The molecule has 0 fully saturated rings. The number of rotatable bonds is 5. The summed E-state index contributed by atoms with van der Waals surface area (Å²) in [6.07, 6.45) is 0. The Morgan fingerprint density at radius 3 is 2.29 bits per heavy atom. The smallest absolute Gasteiger partial charge is 0.0412 e. The van der Waals surface area contributed by atoms with E-state index in [0.29, 0.717) is 11.8 Å². The van der Waals surface area contributed by atoms with Gasteiger partial charge in [-0.2, -0.15) is 0 Å². The van der Waals surface area contributed by atoms with Crippen LogP contribution < -0.4 is 5.32 Å². The molecule has 0 saturated heterocycles. The second-order valence-corrected chi connectivity index (χ2v) is 6.96.